The van der Waals surface area contributed by atoms with Crippen molar-refractivity contribution in [2.45, 2.75) is 50.0 Å². The molecule has 0 radical (unpaired) electrons. The van der Waals surface area contributed by atoms with Crippen LogP contribution in [0, 0.1) is 5.82 Å². The van der Waals surface area contributed by atoms with E-state index in [0.29, 0.717) is 18.2 Å². The lowest BCUT2D eigenvalue weighted by Gasteiger charge is -2.30. The molecule has 0 spiro atoms. The highest BCUT2D eigenvalue weighted by Gasteiger charge is 2.34. The summed E-state index contributed by atoms with van der Waals surface area (Å²) in [6.07, 6.45) is -0.488. The Morgan fingerprint density at radius 1 is 1.10 bits per heavy atom. The summed E-state index contributed by atoms with van der Waals surface area (Å²) in [4.78, 5) is 0. The van der Waals surface area contributed by atoms with Gasteiger partial charge in [0.25, 0.3) is 0 Å². The standard InChI is InChI=1S/C14H16F4N2/c15-12-5-8(14(16,17)18)1-4-13(12)20-11-6-9-2-3-10(7-11)19-9/h1,4-5,9-11,19-20H,2-3,6-7H2. The molecular weight excluding hydrogens is 272 g/mol. The summed E-state index contributed by atoms with van der Waals surface area (Å²) in [5, 5.41) is 6.51. The van der Waals surface area contributed by atoms with E-state index in [1.807, 2.05) is 0 Å². The molecule has 0 aromatic heterocycles. The Bertz CT molecular complexity index is 488. The van der Waals surface area contributed by atoms with Gasteiger partial charge < -0.3 is 10.6 Å². The van der Waals surface area contributed by atoms with Crippen molar-refractivity contribution in [2.24, 2.45) is 0 Å². The van der Waals surface area contributed by atoms with Gasteiger partial charge >= 0.3 is 6.18 Å². The monoisotopic (exact) mass is 288 g/mol. The van der Waals surface area contributed by atoms with Gasteiger partial charge in [0.2, 0.25) is 0 Å². The normalized spacial score (nSPS) is 29.5. The van der Waals surface area contributed by atoms with Crippen LogP contribution in [0.4, 0.5) is 23.2 Å². The molecule has 0 aliphatic carbocycles. The molecule has 2 heterocycles. The Morgan fingerprint density at radius 3 is 2.30 bits per heavy atom. The lowest BCUT2D eigenvalue weighted by Crippen LogP contribution is -2.43. The summed E-state index contributed by atoms with van der Waals surface area (Å²) in [5.74, 6) is -0.842. The minimum atomic E-state index is -4.51. The molecule has 1 aromatic carbocycles. The summed E-state index contributed by atoms with van der Waals surface area (Å²) < 4.78 is 51.2. The zero-order chi connectivity index (χ0) is 14.3. The Kier molecular flexibility index (Phi) is 3.36. The average molecular weight is 288 g/mol. The third-order valence-electron chi connectivity index (χ3n) is 4.13. The number of rotatable bonds is 2. The minimum Gasteiger partial charge on any atom is -0.380 e. The van der Waals surface area contributed by atoms with Crippen molar-refractivity contribution in [2.75, 3.05) is 5.32 Å². The van der Waals surface area contributed by atoms with Crippen molar-refractivity contribution >= 4 is 5.69 Å². The molecule has 2 saturated heterocycles. The molecule has 2 aliphatic heterocycles. The molecule has 1 aromatic rings. The highest BCUT2D eigenvalue weighted by atomic mass is 19.4. The smallest absolute Gasteiger partial charge is 0.380 e. The van der Waals surface area contributed by atoms with E-state index in [0.717, 1.165) is 31.7 Å². The number of nitrogens with one attached hydrogen (secondary N) is 2. The summed E-state index contributed by atoms with van der Waals surface area (Å²) in [5.41, 5.74) is -0.796. The maximum atomic E-state index is 13.8. The van der Waals surface area contributed by atoms with E-state index < -0.39 is 17.6 Å². The first-order chi connectivity index (χ1) is 9.41. The number of hydrogen-bond acceptors (Lipinski definition) is 2. The number of piperidine rings is 1. The summed E-state index contributed by atoms with van der Waals surface area (Å²) in [7, 11) is 0. The molecule has 2 atom stereocenters. The third kappa shape index (κ3) is 2.75. The Balaban J connectivity index is 1.72. The Labute approximate surface area is 114 Å². The second-order valence-electron chi connectivity index (χ2n) is 5.64. The van der Waals surface area contributed by atoms with Crippen molar-refractivity contribution < 1.29 is 17.6 Å². The van der Waals surface area contributed by atoms with Gasteiger partial charge in [-0.25, -0.2) is 4.39 Å². The van der Waals surface area contributed by atoms with E-state index in [2.05, 4.69) is 10.6 Å². The van der Waals surface area contributed by atoms with Crippen molar-refractivity contribution in [3.05, 3.63) is 29.6 Å². The van der Waals surface area contributed by atoms with Crippen molar-refractivity contribution in [3.8, 4) is 0 Å². The lowest BCUT2D eigenvalue weighted by atomic mass is 9.99. The van der Waals surface area contributed by atoms with Gasteiger partial charge in [-0.1, -0.05) is 0 Å². The van der Waals surface area contributed by atoms with Crippen LogP contribution in [-0.4, -0.2) is 18.1 Å². The zero-order valence-corrected chi connectivity index (χ0v) is 10.8. The number of anilines is 1. The van der Waals surface area contributed by atoms with E-state index in [9.17, 15) is 17.6 Å². The number of benzene rings is 1. The first-order valence-corrected chi connectivity index (χ1v) is 6.81. The highest BCUT2D eigenvalue weighted by Crippen LogP contribution is 2.33. The SMILES string of the molecule is Fc1cc(C(F)(F)F)ccc1NC1CC2CCC(C1)N2. The first-order valence-electron chi connectivity index (χ1n) is 6.81. The lowest BCUT2D eigenvalue weighted by molar-refractivity contribution is -0.137. The van der Waals surface area contributed by atoms with Crippen LogP contribution in [0.25, 0.3) is 0 Å². The van der Waals surface area contributed by atoms with Crippen LogP contribution in [0.1, 0.15) is 31.2 Å². The van der Waals surface area contributed by atoms with Gasteiger partial charge in [-0.05, 0) is 43.9 Å². The van der Waals surface area contributed by atoms with Crippen LogP contribution >= 0.6 is 0 Å². The fourth-order valence-corrected chi connectivity index (χ4v) is 3.20. The summed E-state index contributed by atoms with van der Waals surface area (Å²) in [6.45, 7) is 0. The number of alkyl halides is 3. The van der Waals surface area contributed by atoms with Crippen molar-refractivity contribution in [1.29, 1.82) is 0 Å². The molecule has 2 bridgehead atoms. The van der Waals surface area contributed by atoms with Crippen molar-refractivity contribution in [3.63, 3.8) is 0 Å². The largest absolute Gasteiger partial charge is 0.416 e. The molecule has 2 aliphatic rings. The number of fused-ring (bicyclic) bond motifs is 2. The van der Waals surface area contributed by atoms with Gasteiger partial charge in [0.15, 0.2) is 0 Å². The zero-order valence-electron chi connectivity index (χ0n) is 10.8. The van der Waals surface area contributed by atoms with Gasteiger partial charge in [0.1, 0.15) is 5.82 Å². The van der Waals surface area contributed by atoms with Gasteiger partial charge in [0, 0.05) is 18.1 Å². The predicted octanol–water partition coefficient (Wildman–Crippen LogP) is 3.54. The quantitative estimate of drug-likeness (QED) is 0.813. The van der Waals surface area contributed by atoms with Gasteiger partial charge in [-0.3, -0.25) is 0 Å². The summed E-state index contributed by atoms with van der Waals surface area (Å²) >= 11 is 0. The van der Waals surface area contributed by atoms with Gasteiger partial charge in [-0.2, -0.15) is 13.2 Å². The van der Waals surface area contributed by atoms with Crippen LogP contribution in [-0.2, 0) is 6.18 Å². The van der Waals surface area contributed by atoms with E-state index >= 15 is 0 Å². The fourth-order valence-electron chi connectivity index (χ4n) is 3.20. The molecule has 2 fully saturated rings. The van der Waals surface area contributed by atoms with Crippen LogP contribution in [0.2, 0.25) is 0 Å². The Hall–Kier alpha value is -1.30. The average Bonchev–Trinajstić information content (AvgIpc) is 2.70. The predicted molar refractivity (Wildman–Crippen MR) is 68.0 cm³/mol. The highest BCUT2D eigenvalue weighted by molar-refractivity contribution is 5.47. The number of hydrogen-bond donors (Lipinski definition) is 2. The van der Waals surface area contributed by atoms with Crippen LogP contribution in [0.3, 0.4) is 0 Å². The maximum Gasteiger partial charge on any atom is 0.416 e. The topological polar surface area (TPSA) is 24.1 Å². The van der Waals surface area contributed by atoms with Crippen LogP contribution in [0.15, 0.2) is 18.2 Å². The fraction of sp³-hybridized carbons (Fsp3) is 0.571. The molecule has 6 heteroatoms. The minimum absolute atomic E-state index is 0.125. The first kappa shape index (κ1) is 13.7. The van der Waals surface area contributed by atoms with E-state index in [-0.39, 0.29) is 11.7 Å². The molecule has 0 saturated carbocycles. The third-order valence-corrected chi connectivity index (χ3v) is 4.13. The van der Waals surface area contributed by atoms with E-state index in [4.69, 9.17) is 0 Å². The van der Waals surface area contributed by atoms with Crippen molar-refractivity contribution in [1.82, 2.24) is 5.32 Å². The molecule has 2 N–H and O–H groups in total. The number of halogens is 4. The molecule has 3 rings (SSSR count). The maximum absolute atomic E-state index is 13.8. The van der Waals surface area contributed by atoms with Gasteiger partial charge in [-0.15, -0.1) is 0 Å². The molecular formula is C14H16F4N2. The molecule has 20 heavy (non-hydrogen) atoms. The Morgan fingerprint density at radius 2 is 1.75 bits per heavy atom. The molecule has 110 valence electrons. The second kappa shape index (κ2) is 4.91. The van der Waals surface area contributed by atoms with E-state index in [1.165, 1.54) is 6.07 Å². The summed E-state index contributed by atoms with van der Waals surface area (Å²) in [6, 6.07) is 3.67. The molecule has 0 amide bonds. The van der Waals surface area contributed by atoms with Gasteiger partial charge in [0.05, 0.1) is 11.3 Å². The molecule has 2 unspecified atom stereocenters. The van der Waals surface area contributed by atoms with Crippen LogP contribution in [0.5, 0.6) is 0 Å². The van der Waals surface area contributed by atoms with E-state index in [1.54, 1.807) is 0 Å². The molecule has 2 nitrogen and oxygen atoms in total. The van der Waals surface area contributed by atoms with Crippen LogP contribution < -0.4 is 10.6 Å². The second-order valence-corrected chi connectivity index (χ2v) is 5.64.